The van der Waals surface area contributed by atoms with Gasteiger partial charge in [-0.3, -0.25) is 0 Å². The Morgan fingerprint density at radius 2 is 1.20 bits per heavy atom. The first-order valence-electron chi connectivity index (χ1n) is 8.14. The van der Waals surface area contributed by atoms with Gasteiger partial charge in [0.05, 0.1) is 0 Å². The monoisotopic (exact) mass is 342 g/mol. The highest BCUT2D eigenvalue weighted by Crippen LogP contribution is 2.44. The molecule has 25 heavy (non-hydrogen) atoms. The minimum atomic E-state index is -2.80. The van der Waals surface area contributed by atoms with Crippen molar-refractivity contribution in [2.75, 3.05) is 6.16 Å². The highest BCUT2D eigenvalue weighted by Gasteiger charge is 2.27. The van der Waals surface area contributed by atoms with Crippen LogP contribution in [0.5, 0.6) is 0 Å². The summed E-state index contributed by atoms with van der Waals surface area (Å²) in [5, 5.41) is 1.67. The van der Waals surface area contributed by atoms with E-state index in [0.717, 1.165) is 16.2 Å². The first-order valence-corrected chi connectivity index (χ1v) is 10.0. The standard InChI is InChI=1S/C23H19OP/c1-20(17-18-21-11-5-2-6-12-21)19-25(24,22-13-7-3-8-14-22)23-15-9-4-10-16-23/h2-16H,1,19H2. The highest BCUT2D eigenvalue weighted by atomic mass is 31.2. The van der Waals surface area contributed by atoms with Gasteiger partial charge in [-0.2, -0.15) is 0 Å². The Balaban J connectivity index is 1.93. The second kappa shape index (κ2) is 7.84. The van der Waals surface area contributed by atoms with Gasteiger partial charge in [0, 0.05) is 27.9 Å². The maximum Gasteiger partial charge on any atom is 0.148 e. The van der Waals surface area contributed by atoms with E-state index in [9.17, 15) is 4.57 Å². The molecule has 0 aliphatic rings. The van der Waals surface area contributed by atoms with Gasteiger partial charge >= 0.3 is 0 Å². The summed E-state index contributed by atoms with van der Waals surface area (Å²) in [4.78, 5) is 0. The Labute approximate surface area is 149 Å². The number of allylic oxidation sites excluding steroid dienone is 1. The quantitative estimate of drug-likeness (QED) is 0.500. The molecule has 0 amide bonds. The fourth-order valence-corrected chi connectivity index (χ4v) is 5.25. The molecule has 0 aliphatic heterocycles. The van der Waals surface area contributed by atoms with Gasteiger partial charge in [0.15, 0.2) is 0 Å². The van der Waals surface area contributed by atoms with Crippen LogP contribution in [0.3, 0.4) is 0 Å². The van der Waals surface area contributed by atoms with Crippen molar-refractivity contribution in [1.29, 1.82) is 0 Å². The van der Waals surface area contributed by atoms with E-state index in [0.29, 0.717) is 11.7 Å². The van der Waals surface area contributed by atoms with Crippen molar-refractivity contribution in [3.05, 3.63) is 109 Å². The predicted molar refractivity (Wildman–Crippen MR) is 107 cm³/mol. The summed E-state index contributed by atoms with van der Waals surface area (Å²) < 4.78 is 13.9. The summed E-state index contributed by atoms with van der Waals surface area (Å²) >= 11 is 0. The van der Waals surface area contributed by atoms with Crippen molar-refractivity contribution in [3.63, 3.8) is 0 Å². The van der Waals surface area contributed by atoms with E-state index in [2.05, 4.69) is 18.4 Å². The molecule has 3 aromatic carbocycles. The Kier molecular flexibility index (Phi) is 5.34. The van der Waals surface area contributed by atoms with Crippen LogP contribution in [0.4, 0.5) is 0 Å². The van der Waals surface area contributed by atoms with E-state index in [1.54, 1.807) is 0 Å². The van der Waals surface area contributed by atoms with Crippen molar-refractivity contribution in [2.24, 2.45) is 0 Å². The Hall–Kier alpha value is -2.81. The van der Waals surface area contributed by atoms with Crippen molar-refractivity contribution >= 4 is 17.8 Å². The summed E-state index contributed by atoms with van der Waals surface area (Å²) in [7, 11) is -2.80. The van der Waals surface area contributed by atoms with E-state index in [1.165, 1.54) is 0 Å². The normalized spacial score (nSPS) is 10.6. The lowest BCUT2D eigenvalue weighted by Crippen LogP contribution is -2.18. The average molecular weight is 342 g/mol. The molecule has 1 nitrogen and oxygen atoms in total. The second-order valence-electron chi connectivity index (χ2n) is 5.79. The Morgan fingerprint density at radius 3 is 1.68 bits per heavy atom. The summed E-state index contributed by atoms with van der Waals surface area (Å²) in [5.74, 6) is 6.18. The van der Waals surface area contributed by atoms with Gasteiger partial charge < -0.3 is 4.57 Å². The molecule has 0 saturated heterocycles. The predicted octanol–water partition coefficient (Wildman–Crippen LogP) is 4.61. The molecular formula is C23H19OP. The zero-order chi connectivity index (χ0) is 17.5. The molecule has 0 N–H and O–H groups in total. The second-order valence-corrected chi connectivity index (χ2v) is 8.62. The third kappa shape index (κ3) is 4.18. The number of benzene rings is 3. The first kappa shape index (κ1) is 17.0. The molecule has 0 heterocycles. The minimum Gasteiger partial charge on any atom is -0.313 e. The van der Waals surface area contributed by atoms with Crippen LogP contribution < -0.4 is 10.6 Å². The molecule has 0 bridgehead atoms. The fraction of sp³-hybridized carbons (Fsp3) is 0.0435. The Bertz CT molecular complexity index is 905. The largest absolute Gasteiger partial charge is 0.313 e. The van der Waals surface area contributed by atoms with E-state index in [1.807, 2.05) is 91.0 Å². The molecule has 3 aromatic rings. The number of hydrogen-bond acceptors (Lipinski definition) is 1. The van der Waals surface area contributed by atoms with Crippen LogP contribution in [-0.2, 0) is 4.57 Å². The summed E-state index contributed by atoms with van der Waals surface area (Å²) in [6, 6.07) is 29.0. The van der Waals surface area contributed by atoms with E-state index in [4.69, 9.17) is 0 Å². The molecule has 0 spiro atoms. The fourth-order valence-electron chi connectivity index (χ4n) is 2.66. The molecule has 0 radical (unpaired) electrons. The summed E-state index contributed by atoms with van der Waals surface area (Å²) in [5.41, 5.74) is 1.61. The van der Waals surface area contributed by atoms with Crippen LogP contribution >= 0.6 is 7.14 Å². The lowest BCUT2D eigenvalue weighted by atomic mass is 10.2. The number of rotatable bonds is 4. The SMILES string of the molecule is C=C(C#Cc1ccccc1)CP(=O)(c1ccccc1)c1ccccc1. The minimum absolute atomic E-state index is 0.348. The first-order chi connectivity index (χ1) is 12.2. The van der Waals surface area contributed by atoms with Gasteiger partial charge in [0.25, 0.3) is 0 Å². The van der Waals surface area contributed by atoms with Gasteiger partial charge in [0.1, 0.15) is 7.14 Å². The molecule has 0 fully saturated rings. The summed E-state index contributed by atoms with van der Waals surface area (Å²) in [6.45, 7) is 4.06. The highest BCUT2D eigenvalue weighted by molar-refractivity contribution is 7.78. The van der Waals surface area contributed by atoms with Gasteiger partial charge in [0.2, 0.25) is 0 Å². The topological polar surface area (TPSA) is 17.1 Å². The van der Waals surface area contributed by atoms with Gasteiger partial charge in [-0.05, 0) is 12.1 Å². The van der Waals surface area contributed by atoms with E-state index < -0.39 is 7.14 Å². The van der Waals surface area contributed by atoms with Crippen LogP contribution in [-0.4, -0.2) is 6.16 Å². The van der Waals surface area contributed by atoms with E-state index in [-0.39, 0.29) is 0 Å². The third-order valence-electron chi connectivity index (χ3n) is 3.92. The van der Waals surface area contributed by atoms with Gasteiger partial charge in [-0.15, -0.1) is 0 Å². The molecule has 0 unspecified atom stereocenters. The van der Waals surface area contributed by atoms with Crippen LogP contribution in [0.2, 0.25) is 0 Å². The third-order valence-corrected chi connectivity index (χ3v) is 7.01. The van der Waals surface area contributed by atoms with Crippen molar-refractivity contribution < 1.29 is 4.57 Å². The van der Waals surface area contributed by atoms with Gasteiger partial charge in [-0.25, -0.2) is 0 Å². The molecule has 0 aromatic heterocycles. The lowest BCUT2D eigenvalue weighted by Gasteiger charge is -2.19. The smallest absolute Gasteiger partial charge is 0.148 e. The molecule has 2 heteroatoms. The number of hydrogen-bond donors (Lipinski definition) is 0. The van der Waals surface area contributed by atoms with Crippen LogP contribution in [0.1, 0.15) is 5.56 Å². The van der Waals surface area contributed by atoms with Crippen LogP contribution in [0.15, 0.2) is 103 Å². The van der Waals surface area contributed by atoms with Crippen molar-refractivity contribution in [2.45, 2.75) is 0 Å². The van der Waals surface area contributed by atoms with E-state index >= 15 is 0 Å². The molecular weight excluding hydrogens is 323 g/mol. The van der Waals surface area contributed by atoms with Gasteiger partial charge in [-0.1, -0.05) is 97.3 Å². The molecule has 0 aliphatic carbocycles. The zero-order valence-corrected chi connectivity index (χ0v) is 14.8. The average Bonchev–Trinajstić information content (AvgIpc) is 2.68. The van der Waals surface area contributed by atoms with Crippen LogP contribution in [0, 0.1) is 11.8 Å². The maximum atomic E-state index is 13.9. The van der Waals surface area contributed by atoms with Crippen molar-refractivity contribution in [3.8, 4) is 11.8 Å². The molecule has 122 valence electrons. The zero-order valence-electron chi connectivity index (χ0n) is 13.9. The Morgan fingerprint density at radius 1 is 0.760 bits per heavy atom. The molecule has 3 rings (SSSR count). The maximum absolute atomic E-state index is 13.9. The van der Waals surface area contributed by atoms with Crippen molar-refractivity contribution in [1.82, 2.24) is 0 Å². The summed E-state index contributed by atoms with van der Waals surface area (Å²) in [6.07, 6.45) is 0.348. The lowest BCUT2D eigenvalue weighted by molar-refractivity contribution is 0.588. The molecule has 0 atom stereocenters. The van der Waals surface area contributed by atoms with Crippen LogP contribution in [0.25, 0.3) is 0 Å². The molecule has 0 saturated carbocycles.